The highest BCUT2D eigenvalue weighted by molar-refractivity contribution is 5.68. The van der Waals surface area contributed by atoms with Gasteiger partial charge in [-0.3, -0.25) is 0 Å². The van der Waals surface area contributed by atoms with Crippen molar-refractivity contribution in [3.05, 3.63) is 23.7 Å². The molecule has 0 bridgehead atoms. The summed E-state index contributed by atoms with van der Waals surface area (Å²) in [5.74, 6) is 1.01. The molecule has 0 aliphatic heterocycles. The van der Waals surface area contributed by atoms with Crippen LogP contribution in [0.4, 0.5) is 4.79 Å². The number of ether oxygens (including phenoxy) is 1. The lowest BCUT2D eigenvalue weighted by atomic mass is 10.2. The van der Waals surface area contributed by atoms with E-state index in [0.29, 0.717) is 37.7 Å². The zero-order valence-electron chi connectivity index (χ0n) is 13.8. The van der Waals surface area contributed by atoms with Crippen molar-refractivity contribution in [3.63, 3.8) is 0 Å². The zero-order valence-corrected chi connectivity index (χ0v) is 13.8. The van der Waals surface area contributed by atoms with Gasteiger partial charge < -0.3 is 19.4 Å². The molecule has 22 heavy (non-hydrogen) atoms. The number of nitriles is 1. The molecule has 6 heteroatoms. The molecular weight excluding hydrogens is 282 g/mol. The minimum Gasteiger partial charge on any atom is -0.449 e. The highest BCUT2D eigenvalue weighted by atomic mass is 16.6. The van der Waals surface area contributed by atoms with Crippen LogP contribution < -0.4 is 5.32 Å². The third kappa shape index (κ3) is 6.64. The normalized spacial score (nSPS) is 11.0. The number of nitrogens with zero attached hydrogens (tertiary/aromatic N) is 2. The van der Waals surface area contributed by atoms with Crippen LogP contribution in [-0.2, 0) is 11.3 Å². The predicted octanol–water partition coefficient (Wildman–Crippen LogP) is 2.89. The molecule has 0 saturated carbocycles. The number of hydrogen-bond acceptors (Lipinski definition) is 5. The minimum absolute atomic E-state index is 0.291. The van der Waals surface area contributed by atoms with E-state index in [9.17, 15) is 4.79 Å². The topological polar surface area (TPSA) is 78.5 Å². The highest BCUT2D eigenvalue weighted by Gasteiger charge is 2.21. The Morgan fingerprint density at radius 1 is 1.41 bits per heavy atom. The van der Waals surface area contributed by atoms with Crippen LogP contribution in [0.2, 0.25) is 0 Å². The monoisotopic (exact) mass is 307 g/mol. The van der Waals surface area contributed by atoms with Crippen LogP contribution >= 0.6 is 0 Å². The third-order valence-electron chi connectivity index (χ3n) is 2.77. The van der Waals surface area contributed by atoms with Crippen LogP contribution in [0.25, 0.3) is 0 Å². The fourth-order valence-corrected chi connectivity index (χ4v) is 1.85. The van der Waals surface area contributed by atoms with Crippen molar-refractivity contribution in [1.82, 2.24) is 10.2 Å². The van der Waals surface area contributed by atoms with Crippen molar-refractivity contribution >= 4 is 6.09 Å². The van der Waals surface area contributed by atoms with Crippen molar-refractivity contribution in [2.24, 2.45) is 0 Å². The van der Waals surface area contributed by atoms with Crippen LogP contribution in [0.1, 0.15) is 45.6 Å². The summed E-state index contributed by atoms with van der Waals surface area (Å²) < 4.78 is 10.7. The van der Waals surface area contributed by atoms with Crippen LogP contribution in [0.5, 0.6) is 0 Å². The van der Waals surface area contributed by atoms with E-state index in [4.69, 9.17) is 14.4 Å². The second kappa shape index (κ2) is 8.44. The lowest BCUT2D eigenvalue weighted by molar-refractivity contribution is 0.0251. The van der Waals surface area contributed by atoms with Gasteiger partial charge in [0.2, 0.25) is 5.76 Å². The van der Waals surface area contributed by atoms with Crippen molar-refractivity contribution in [2.45, 2.75) is 46.3 Å². The van der Waals surface area contributed by atoms with E-state index in [0.717, 1.165) is 6.42 Å². The van der Waals surface area contributed by atoms with Crippen LogP contribution in [-0.4, -0.2) is 36.2 Å². The van der Waals surface area contributed by atoms with Gasteiger partial charge in [-0.05, 0) is 39.3 Å². The maximum atomic E-state index is 12.1. The first-order valence-electron chi connectivity index (χ1n) is 7.53. The summed E-state index contributed by atoms with van der Waals surface area (Å²) in [6, 6.07) is 5.35. The molecule has 0 atom stereocenters. The number of furan rings is 1. The van der Waals surface area contributed by atoms with Gasteiger partial charge in [-0.25, -0.2) is 4.79 Å². The highest BCUT2D eigenvalue weighted by Crippen LogP contribution is 2.10. The van der Waals surface area contributed by atoms with E-state index in [1.165, 1.54) is 0 Å². The number of nitrogens with one attached hydrogen (secondary N) is 1. The standard InChI is InChI=1S/C16H25N3O3/c1-5-9-19(15(20)22-16(2,3)4)10-8-18-12-14-7-6-13(11-17)21-14/h6-7,18H,5,8-10,12H2,1-4H3. The minimum atomic E-state index is -0.488. The maximum absolute atomic E-state index is 12.1. The number of carbonyl (C=O) groups excluding carboxylic acids is 1. The molecule has 0 saturated heterocycles. The van der Waals surface area contributed by atoms with Crippen molar-refractivity contribution in [3.8, 4) is 6.07 Å². The molecule has 0 spiro atoms. The Morgan fingerprint density at radius 2 is 2.14 bits per heavy atom. The lowest BCUT2D eigenvalue weighted by Gasteiger charge is -2.27. The Labute approximate surface area is 132 Å². The first-order valence-corrected chi connectivity index (χ1v) is 7.53. The summed E-state index contributed by atoms with van der Waals surface area (Å²) in [6.45, 7) is 9.98. The van der Waals surface area contributed by atoms with Gasteiger partial charge in [0, 0.05) is 19.6 Å². The van der Waals surface area contributed by atoms with Gasteiger partial charge in [-0.1, -0.05) is 6.92 Å². The fourth-order valence-electron chi connectivity index (χ4n) is 1.85. The molecule has 1 aromatic heterocycles. The average molecular weight is 307 g/mol. The summed E-state index contributed by atoms with van der Waals surface area (Å²) >= 11 is 0. The number of hydrogen-bond donors (Lipinski definition) is 1. The SMILES string of the molecule is CCCN(CCNCc1ccc(C#N)o1)C(=O)OC(C)(C)C. The summed E-state index contributed by atoms with van der Waals surface area (Å²) in [7, 11) is 0. The predicted molar refractivity (Wildman–Crippen MR) is 83.2 cm³/mol. The number of rotatable bonds is 7. The smallest absolute Gasteiger partial charge is 0.410 e. The van der Waals surface area contributed by atoms with Crippen LogP contribution in [0.15, 0.2) is 16.5 Å². The Balaban J connectivity index is 2.38. The van der Waals surface area contributed by atoms with Gasteiger partial charge in [0.25, 0.3) is 0 Å². The van der Waals surface area contributed by atoms with Crippen molar-refractivity contribution < 1.29 is 13.9 Å². The molecule has 0 fully saturated rings. The molecule has 0 aromatic carbocycles. The molecule has 1 amide bonds. The Kier molecular flexibility index (Phi) is 6.93. The molecule has 0 unspecified atom stereocenters. The van der Waals surface area contributed by atoms with Gasteiger partial charge in [0.1, 0.15) is 17.4 Å². The van der Waals surface area contributed by atoms with Crippen molar-refractivity contribution in [2.75, 3.05) is 19.6 Å². The molecule has 0 aliphatic rings. The summed E-state index contributed by atoms with van der Waals surface area (Å²) in [5.41, 5.74) is -0.488. The Hall–Kier alpha value is -2.00. The quantitative estimate of drug-likeness (QED) is 0.784. The fraction of sp³-hybridized carbons (Fsp3) is 0.625. The van der Waals surface area contributed by atoms with Gasteiger partial charge in [0.15, 0.2) is 0 Å². The van der Waals surface area contributed by atoms with Gasteiger partial charge in [-0.15, -0.1) is 0 Å². The van der Waals surface area contributed by atoms with E-state index in [2.05, 4.69) is 5.32 Å². The van der Waals surface area contributed by atoms with Crippen LogP contribution in [0, 0.1) is 11.3 Å². The first kappa shape index (κ1) is 18.1. The van der Waals surface area contributed by atoms with Gasteiger partial charge in [-0.2, -0.15) is 5.26 Å². The first-order chi connectivity index (χ1) is 10.4. The van der Waals surface area contributed by atoms with Crippen molar-refractivity contribution in [1.29, 1.82) is 5.26 Å². The summed E-state index contributed by atoms with van der Waals surface area (Å²) in [4.78, 5) is 13.8. The van der Waals surface area contributed by atoms with E-state index in [-0.39, 0.29) is 6.09 Å². The molecule has 1 aromatic rings. The van der Waals surface area contributed by atoms with Crippen LogP contribution in [0.3, 0.4) is 0 Å². The second-order valence-corrected chi connectivity index (χ2v) is 6.02. The second-order valence-electron chi connectivity index (χ2n) is 6.02. The molecule has 6 nitrogen and oxygen atoms in total. The molecule has 1 heterocycles. The molecule has 0 radical (unpaired) electrons. The summed E-state index contributed by atoms with van der Waals surface area (Å²) in [5, 5.41) is 11.9. The Bertz CT molecular complexity index is 511. The number of carbonyl (C=O) groups is 1. The van der Waals surface area contributed by atoms with E-state index >= 15 is 0 Å². The molecular formula is C16H25N3O3. The molecule has 1 rings (SSSR count). The molecule has 0 aliphatic carbocycles. The third-order valence-corrected chi connectivity index (χ3v) is 2.77. The maximum Gasteiger partial charge on any atom is 0.410 e. The lowest BCUT2D eigenvalue weighted by Crippen LogP contribution is -2.40. The van der Waals surface area contributed by atoms with E-state index < -0.39 is 5.60 Å². The van der Waals surface area contributed by atoms with E-state index in [1.807, 2.05) is 33.8 Å². The molecule has 122 valence electrons. The van der Waals surface area contributed by atoms with Gasteiger partial charge in [0.05, 0.1) is 6.54 Å². The zero-order chi connectivity index (χ0) is 16.6. The number of amides is 1. The summed E-state index contributed by atoms with van der Waals surface area (Å²) in [6.07, 6.45) is 0.587. The average Bonchev–Trinajstić information content (AvgIpc) is 2.88. The Morgan fingerprint density at radius 3 is 2.68 bits per heavy atom. The molecule has 1 N–H and O–H groups in total. The largest absolute Gasteiger partial charge is 0.449 e. The van der Waals surface area contributed by atoms with E-state index in [1.54, 1.807) is 17.0 Å². The van der Waals surface area contributed by atoms with Gasteiger partial charge >= 0.3 is 6.09 Å².